The Hall–Kier alpha value is -3.20. The summed E-state index contributed by atoms with van der Waals surface area (Å²) in [5, 5.41) is 2.69. The maximum atomic E-state index is 12.3. The first-order chi connectivity index (χ1) is 13.0. The second kappa shape index (κ2) is 8.45. The molecule has 2 aromatic rings. The number of methoxy groups -OCH3 is 1. The molecule has 0 atom stereocenters. The van der Waals surface area contributed by atoms with Crippen LogP contribution in [-0.2, 0) is 20.7 Å². The van der Waals surface area contributed by atoms with Gasteiger partial charge in [-0.3, -0.25) is 9.59 Å². The van der Waals surface area contributed by atoms with Gasteiger partial charge < -0.3 is 24.7 Å². The number of amides is 1. The molecule has 1 aromatic carbocycles. The van der Waals surface area contributed by atoms with Gasteiger partial charge in [-0.1, -0.05) is 6.07 Å². The van der Waals surface area contributed by atoms with Crippen molar-refractivity contribution in [2.75, 3.05) is 43.6 Å². The molecule has 2 N–H and O–H groups in total. The third-order valence-electron chi connectivity index (χ3n) is 4.01. The second-order valence-electron chi connectivity index (χ2n) is 5.95. The predicted molar refractivity (Wildman–Crippen MR) is 98.0 cm³/mol. The zero-order valence-electron chi connectivity index (χ0n) is 14.9. The van der Waals surface area contributed by atoms with Gasteiger partial charge in [-0.2, -0.15) is 0 Å². The van der Waals surface area contributed by atoms with E-state index in [1.54, 1.807) is 18.2 Å². The number of H-pyrrole nitrogens is 1. The van der Waals surface area contributed by atoms with Crippen molar-refractivity contribution in [1.82, 2.24) is 9.97 Å². The molecule has 27 heavy (non-hydrogen) atoms. The lowest BCUT2D eigenvalue weighted by Gasteiger charge is -2.27. The number of rotatable bonds is 5. The first-order valence-corrected chi connectivity index (χ1v) is 8.46. The lowest BCUT2D eigenvalue weighted by molar-refractivity contribution is -0.115. The maximum absolute atomic E-state index is 12.3. The molecule has 0 spiro atoms. The van der Waals surface area contributed by atoms with E-state index in [0.29, 0.717) is 43.4 Å². The average Bonchev–Trinajstić information content (AvgIpc) is 2.67. The third kappa shape index (κ3) is 4.91. The quantitative estimate of drug-likeness (QED) is 0.738. The Labute approximate surface area is 155 Å². The van der Waals surface area contributed by atoms with Gasteiger partial charge in [-0.15, -0.1) is 0 Å². The molecule has 0 aliphatic carbocycles. The Morgan fingerprint density at radius 2 is 2.07 bits per heavy atom. The molecule has 1 aromatic heterocycles. The standard InChI is InChI=1S/C18H20N4O5/c1-26-18(25)12-3-2-4-13(9-12)19-16(23)10-14-20-15(11-17(24)21-14)22-5-7-27-8-6-22/h2-4,9,11H,5-8,10H2,1H3,(H,19,23)(H,20,21,24). The van der Waals surface area contributed by atoms with Gasteiger partial charge in [0.05, 0.1) is 32.3 Å². The Kier molecular flexibility index (Phi) is 5.82. The van der Waals surface area contributed by atoms with Gasteiger partial charge in [-0.05, 0) is 18.2 Å². The highest BCUT2D eigenvalue weighted by Crippen LogP contribution is 2.13. The SMILES string of the molecule is COC(=O)c1cccc(NC(=O)Cc2nc(N3CCOCC3)cc(=O)[nH]2)c1. The molecule has 0 saturated carbocycles. The monoisotopic (exact) mass is 372 g/mol. The van der Waals surface area contributed by atoms with Crippen LogP contribution in [0.3, 0.4) is 0 Å². The molecule has 1 amide bonds. The summed E-state index contributed by atoms with van der Waals surface area (Å²) in [5.74, 6) is -0.0576. The van der Waals surface area contributed by atoms with Gasteiger partial charge in [0.1, 0.15) is 11.6 Å². The molecule has 1 saturated heterocycles. The van der Waals surface area contributed by atoms with Crippen molar-refractivity contribution in [1.29, 1.82) is 0 Å². The van der Waals surface area contributed by atoms with Crippen molar-refractivity contribution in [3.05, 3.63) is 52.1 Å². The number of anilines is 2. The normalized spacial score (nSPS) is 13.9. The maximum Gasteiger partial charge on any atom is 0.337 e. The minimum Gasteiger partial charge on any atom is -0.465 e. The minimum atomic E-state index is -0.490. The molecule has 2 heterocycles. The predicted octanol–water partition coefficient (Wildman–Crippen LogP) is 0.574. The van der Waals surface area contributed by atoms with E-state index in [0.717, 1.165) is 0 Å². The summed E-state index contributed by atoms with van der Waals surface area (Å²) in [5.41, 5.74) is 0.465. The van der Waals surface area contributed by atoms with Gasteiger partial charge in [0, 0.05) is 24.8 Å². The number of hydrogen-bond acceptors (Lipinski definition) is 7. The van der Waals surface area contributed by atoms with Crippen molar-refractivity contribution in [2.45, 2.75) is 6.42 Å². The van der Waals surface area contributed by atoms with E-state index in [9.17, 15) is 14.4 Å². The van der Waals surface area contributed by atoms with Crippen LogP contribution >= 0.6 is 0 Å². The number of carbonyl (C=O) groups is 2. The molecule has 0 unspecified atom stereocenters. The van der Waals surface area contributed by atoms with E-state index in [1.807, 2.05) is 4.90 Å². The zero-order valence-corrected chi connectivity index (χ0v) is 14.9. The van der Waals surface area contributed by atoms with E-state index in [-0.39, 0.29) is 23.7 Å². The van der Waals surface area contributed by atoms with Gasteiger partial charge in [0.25, 0.3) is 5.56 Å². The summed E-state index contributed by atoms with van der Waals surface area (Å²) in [6.07, 6.45) is -0.101. The summed E-state index contributed by atoms with van der Waals surface area (Å²) < 4.78 is 9.96. The zero-order chi connectivity index (χ0) is 19.2. The van der Waals surface area contributed by atoms with E-state index >= 15 is 0 Å². The Bertz CT molecular complexity index is 889. The summed E-state index contributed by atoms with van der Waals surface area (Å²) in [7, 11) is 1.29. The number of aromatic nitrogens is 2. The van der Waals surface area contributed by atoms with Gasteiger partial charge in [0.2, 0.25) is 5.91 Å². The van der Waals surface area contributed by atoms with Crippen molar-refractivity contribution < 1.29 is 19.1 Å². The fourth-order valence-corrected chi connectivity index (χ4v) is 2.73. The number of ether oxygens (including phenoxy) is 2. The van der Waals surface area contributed by atoms with Crippen LogP contribution in [0, 0.1) is 0 Å². The topological polar surface area (TPSA) is 114 Å². The molecule has 3 rings (SSSR count). The van der Waals surface area contributed by atoms with Crippen molar-refractivity contribution in [3.63, 3.8) is 0 Å². The Morgan fingerprint density at radius 1 is 1.30 bits per heavy atom. The van der Waals surface area contributed by atoms with Gasteiger partial charge in [-0.25, -0.2) is 9.78 Å². The lowest BCUT2D eigenvalue weighted by atomic mass is 10.2. The molecule has 9 nitrogen and oxygen atoms in total. The summed E-state index contributed by atoms with van der Waals surface area (Å²) in [4.78, 5) is 44.7. The molecule has 1 aliphatic heterocycles. The highest BCUT2D eigenvalue weighted by molar-refractivity contribution is 5.95. The van der Waals surface area contributed by atoms with Crippen LogP contribution in [0.1, 0.15) is 16.2 Å². The second-order valence-corrected chi connectivity index (χ2v) is 5.95. The number of nitrogens with one attached hydrogen (secondary N) is 2. The minimum absolute atomic E-state index is 0.101. The lowest BCUT2D eigenvalue weighted by Crippen LogP contribution is -2.37. The molecular formula is C18H20N4O5. The summed E-state index contributed by atoms with van der Waals surface area (Å²) in [6.45, 7) is 2.42. The first kappa shape index (κ1) is 18.6. The van der Waals surface area contributed by atoms with Crippen molar-refractivity contribution >= 4 is 23.4 Å². The van der Waals surface area contributed by atoms with Crippen LogP contribution in [0.5, 0.6) is 0 Å². The average molecular weight is 372 g/mol. The number of nitrogens with zero attached hydrogens (tertiary/aromatic N) is 2. The third-order valence-corrected chi connectivity index (χ3v) is 4.01. The number of morpholine rings is 1. The Morgan fingerprint density at radius 3 is 2.81 bits per heavy atom. The number of carbonyl (C=O) groups excluding carboxylic acids is 2. The van der Waals surface area contributed by atoms with Crippen LogP contribution in [0.25, 0.3) is 0 Å². The van der Waals surface area contributed by atoms with E-state index in [2.05, 4.69) is 20.0 Å². The van der Waals surface area contributed by atoms with Crippen molar-refractivity contribution in [2.24, 2.45) is 0 Å². The number of esters is 1. The van der Waals surface area contributed by atoms with E-state index in [4.69, 9.17) is 4.74 Å². The van der Waals surface area contributed by atoms with Crippen LogP contribution in [-0.4, -0.2) is 55.3 Å². The van der Waals surface area contributed by atoms with Crippen LogP contribution < -0.4 is 15.8 Å². The first-order valence-electron chi connectivity index (χ1n) is 8.46. The van der Waals surface area contributed by atoms with Crippen LogP contribution in [0.15, 0.2) is 35.1 Å². The van der Waals surface area contributed by atoms with Crippen molar-refractivity contribution in [3.8, 4) is 0 Å². The van der Waals surface area contributed by atoms with Crippen LogP contribution in [0.4, 0.5) is 11.5 Å². The molecule has 0 radical (unpaired) electrons. The highest BCUT2D eigenvalue weighted by Gasteiger charge is 2.15. The fraction of sp³-hybridized carbons (Fsp3) is 0.333. The fourth-order valence-electron chi connectivity index (χ4n) is 2.73. The smallest absolute Gasteiger partial charge is 0.337 e. The van der Waals surface area contributed by atoms with E-state index in [1.165, 1.54) is 19.2 Å². The molecule has 1 aliphatic rings. The number of benzene rings is 1. The molecule has 142 valence electrons. The molecule has 1 fully saturated rings. The van der Waals surface area contributed by atoms with E-state index < -0.39 is 5.97 Å². The number of hydrogen-bond donors (Lipinski definition) is 2. The largest absolute Gasteiger partial charge is 0.465 e. The van der Waals surface area contributed by atoms with Crippen LogP contribution in [0.2, 0.25) is 0 Å². The highest BCUT2D eigenvalue weighted by atomic mass is 16.5. The molecule has 9 heteroatoms. The van der Waals surface area contributed by atoms with Gasteiger partial charge >= 0.3 is 5.97 Å². The van der Waals surface area contributed by atoms with Gasteiger partial charge in [0.15, 0.2) is 0 Å². The summed E-state index contributed by atoms with van der Waals surface area (Å²) >= 11 is 0. The number of aromatic amines is 1. The molecular weight excluding hydrogens is 352 g/mol. The summed E-state index contributed by atoms with van der Waals surface area (Å²) in [6, 6.07) is 7.81. The molecule has 0 bridgehead atoms. The Balaban J connectivity index is 1.70.